The maximum absolute atomic E-state index is 14.1. The molecule has 0 spiro atoms. The smallest absolute Gasteiger partial charge is 0.124 e. The van der Waals surface area contributed by atoms with Gasteiger partial charge < -0.3 is 9.30 Å². The van der Waals surface area contributed by atoms with E-state index in [2.05, 4.69) is 28.0 Å². The van der Waals surface area contributed by atoms with Gasteiger partial charge in [0.1, 0.15) is 17.2 Å². The summed E-state index contributed by atoms with van der Waals surface area (Å²) in [5.41, 5.74) is 2.16. The molecule has 6 nitrogen and oxygen atoms in total. The van der Waals surface area contributed by atoms with Crippen LogP contribution in [0.15, 0.2) is 39.3 Å². The zero-order valence-electron chi connectivity index (χ0n) is 16.7. The van der Waals surface area contributed by atoms with E-state index in [1.165, 1.54) is 12.1 Å². The first-order valence-electron chi connectivity index (χ1n) is 9.72. The Hall–Kier alpha value is -2.32. The molecular formula is C21H23FN4O2S. The van der Waals surface area contributed by atoms with Crippen molar-refractivity contribution in [2.24, 2.45) is 4.58 Å². The van der Waals surface area contributed by atoms with Gasteiger partial charge in [0.15, 0.2) is 0 Å². The minimum atomic E-state index is -1.60. The van der Waals surface area contributed by atoms with Crippen molar-refractivity contribution in [3.63, 3.8) is 0 Å². The number of nitrogens with zero attached hydrogens (tertiary/aromatic N) is 4. The van der Waals surface area contributed by atoms with Crippen LogP contribution < -0.4 is 0 Å². The van der Waals surface area contributed by atoms with Crippen LogP contribution in [-0.4, -0.2) is 33.0 Å². The molecule has 0 radical (unpaired) electrons. The van der Waals surface area contributed by atoms with Gasteiger partial charge in [-0.15, -0.1) is 4.91 Å². The molecule has 0 saturated carbocycles. The molecule has 1 aromatic carbocycles. The predicted octanol–water partition coefficient (Wildman–Crippen LogP) is 5.37. The van der Waals surface area contributed by atoms with Crippen molar-refractivity contribution in [1.82, 2.24) is 14.5 Å². The van der Waals surface area contributed by atoms with Gasteiger partial charge in [0.2, 0.25) is 0 Å². The third kappa shape index (κ3) is 3.14. The van der Waals surface area contributed by atoms with E-state index in [-0.39, 0.29) is 17.5 Å². The lowest BCUT2D eigenvalue weighted by Crippen LogP contribution is -2.35. The van der Waals surface area contributed by atoms with Crippen molar-refractivity contribution in [3.8, 4) is 0 Å². The Labute approximate surface area is 169 Å². The summed E-state index contributed by atoms with van der Waals surface area (Å²) in [6, 6.07) is 4.85. The lowest BCUT2D eigenvalue weighted by Gasteiger charge is -2.37. The summed E-state index contributed by atoms with van der Waals surface area (Å²) >= 11 is 0. The fourth-order valence-corrected chi connectivity index (χ4v) is 5.91. The van der Waals surface area contributed by atoms with Gasteiger partial charge in [-0.2, -0.15) is 0 Å². The highest BCUT2D eigenvalue weighted by molar-refractivity contribution is 8.42. The van der Waals surface area contributed by atoms with Gasteiger partial charge in [0.05, 0.1) is 22.8 Å². The van der Waals surface area contributed by atoms with Crippen molar-refractivity contribution < 1.29 is 9.13 Å². The molecule has 5 rings (SSSR count). The van der Waals surface area contributed by atoms with Crippen molar-refractivity contribution in [3.05, 3.63) is 51.3 Å². The van der Waals surface area contributed by atoms with Gasteiger partial charge in [-0.3, -0.25) is 4.98 Å². The number of fused-ring (bicyclic) bond motifs is 3. The monoisotopic (exact) mass is 414 g/mol. The number of hydrogen-bond acceptors (Lipinski definition) is 5. The quantitative estimate of drug-likeness (QED) is 0.539. The summed E-state index contributed by atoms with van der Waals surface area (Å²) in [5.74, 6) is 0.591. The summed E-state index contributed by atoms with van der Waals surface area (Å²) in [6.45, 7) is 4.85. The van der Waals surface area contributed by atoms with Crippen LogP contribution in [0.25, 0.3) is 21.9 Å². The van der Waals surface area contributed by atoms with E-state index in [0.717, 1.165) is 45.5 Å². The maximum atomic E-state index is 14.1. The molecular weight excluding hydrogens is 391 g/mol. The third-order valence-corrected chi connectivity index (χ3v) is 8.03. The molecule has 1 fully saturated rings. The molecule has 0 aliphatic carbocycles. The molecule has 0 bridgehead atoms. The molecule has 29 heavy (non-hydrogen) atoms. The fourth-order valence-electron chi connectivity index (χ4n) is 4.38. The fraction of sp³-hybridized carbons (Fsp3) is 0.429. The summed E-state index contributed by atoms with van der Waals surface area (Å²) in [7, 11) is -1.60. The first-order valence-corrected chi connectivity index (χ1v) is 11.8. The number of allylic oxidation sites excluding steroid dienone is 1. The van der Waals surface area contributed by atoms with E-state index < -0.39 is 10.2 Å². The zero-order chi connectivity index (χ0) is 20.4. The SMILES string of the molecule is CC1(C)CC(n2c(CC3=CS3(C)N=O)nc3cnc4ccc(F)cc4c32)CCO1. The molecule has 4 heterocycles. The summed E-state index contributed by atoms with van der Waals surface area (Å²) < 4.78 is 25.6. The molecule has 2 aliphatic heterocycles. The Balaban J connectivity index is 1.71. The Kier molecular flexibility index (Phi) is 4.08. The van der Waals surface area contributed by atoms with Gasteiger partial charge in [0.25, 0.3) is 0 Å². The van der Waals surface area contributed by atoms with Crippen molar-refractivity contribution in [2.45, 2.75) is 44.8 Å². The van der Waals surface area contributed by atoms with Crippen LogP contribution in [0.4, 0.5) is 4.39 Å². The second kappa shape index (κ2) is 6.34. The number of rotatable bonds is 4. The summed E-state index contributed by atoms with van der Waals surface area (Å²) in [4.78, 5) is 21.6. The topological polar surface area (TPSA) is 69.4 Å². The molecule has 1 saturated heterocycles. The van der Waals surface area contributed by atoms with Gasteiger partial charge in [-0.1, -0.05) is 10.2 Å². The average Bonchev–Trinajstić information content (AvgIpc) is 3.16. The molecule has 2 atom stereocenters. The van der Waals surface area contributed by atoms with Gasteiger partial charge in [0, 0.05) is 29.4 Å². The number of benzene rings is 1. The zero-order valence-corrected chi connectivity index (χ0v) is 17.5. The van der Waals surface area contributed by atoms with Crippen molar-refractivity contribution in [1.29, 1.82) is 0 Å². The maximum Gasteiger partial charge on any atom is 0.124 e. The van der Waals surface area contributed by atoms with Crippen LogP contribution in [0.3, 0.4) is 0 Å². The van der Waals surface area contributed by atoms with E-state index in [4.69, 9.17) is 9.72 Å². The van der Waals surface area contributed by atoms with E-state index in [1.54, 1.807) is 12.3 Å². The first-order chi connectivity index (χ1) is 13.8. The number of imidazole rings is 1. The van der Waals surface area contributed by atoms with Crippen LogP contribution in [0, 0.1) is 10.7 Å². The highest BCUT2D eigenvalue weighted by Crippen LogP contribution is 2.69. The number of aromatic nitrogens is 3. The van der Waals surface area contributed by atoms with Crippen molar-refractivity contribution >= 4 is 32.2 Å². The first kappa shape index (κ1) is 18.7. The van der Waals surface area contributed by atoms with Crippen LogP contribution in [0.1, 0.15) is 38.6 Å². The molecule has 0 amide bonds. The van der Waals surface area contributed by atoms with Crippen LogP contribution in [-0.2, 0) is 11.2 Å². The Morgan fingerprint density at radius 1 is 1.38 bits per heavy atom. The lowest BCUT2D eigenvalue weighted by molar-refractivity contribution is -0.0688. The molecule has 0 N–H and O–H groups in total. The number of hydrogen-bond donors (Lipinski definition) is 0. The van der Waals surface area contributed by atoms with Crippen LogP contribution >= 0.6 is 10.2 Å². The van der Waals surface area contributed by atoms with Gasteiger partial charge in [-0.25, -0.2) is 9.37 Å². The highest BCUT2D eigenvalue weighted by Gasteiger charge is 2.38. The summed E-state index contributed by atoms with van der Waals surface area (Å²) in [5, 5.41) is 2.73. The number of nitroso groups, excluding NO2 is 1. The Bertz CT molecular complexity index is 1190. The average molecular weight is 415 g/mol. The highest BCUT2D eigenvalue weighted by atomic mass is 32.3. The predicted molar refractivity (Wildman–Crippen MR) is 114 cm³/mol. The number of ether oxygens (including phenoxy) is 1. The van der Waals surface area contributed by atoms with Crippen molar-refractivity contribution in [2.75, 3.05) is 12.9 Å². The normalized spacial score (nSPS) is 28.1. The second-order valence-corrected chi connectivity index (χ2v) is 11.4. The minimum Gasteiger partial charge on any atom is -0.375 e. The third-order valence-electron chi connectivity index (χ3n) is 5.91. The van der Waals surface area contributed by atoms with E-state index in [0.29, 0.717) is 13.0 Å². The van der Waals surface area contributed by atoms with E-state index >= 15 is 0 Å². The Morgan fingerprint density at radius 3 is 2.93 bits per heavy atom. The molecule has 2 unspecified atom stereocenters. The minimum absolute atomic E-state index is 0.178. The largest absolute Gasteiger partial charge is 0.375 e. The van der Waals surface area contributed by atoms with Crippen LogP contribution in [0.5, 0.6) is 0 Å². The Morgan fingerprint density at radius 2 is 2.21 bits per heavy atom. The molecule has 2 aliphatic rings. The molecule has 8 heteroatoms. The van der Waals surface area contributed by atoms with E-state index in [1.807, 2.05) is 11.7 Å². The van der Waals surface area contributed by atoms with E-state index in [9.17, 15) is 9.30 Å². The number of halogens is 1. The van der Waals surface area contributed by atoms with Crippen LogP contribution in [0.2, 0.25) is 0 Å². The molecule has 152 valence electrons. The van der Waals surface area contributed by atoms with Gasteiger partial charge in [-0.05, 0) is 61.1 Å². The van der Waals surface area contributed by atoms with Gasteiger partial charge >= 0.3 is 0 Å². The molecule has 3 aromatic rings. The number of pyridine rings is 1. The summed E-state index contributed by atoms with van der Waals surface area (Å²) in [6.07, 6.45) is 5.92. The second-order valence-electron chi connectivity index (χ2n) is 8.58. The lowest BCUT2D eigenvalue weighted by atomic mass is 9.93. The molecule has 2 aromatic heterocycles. The standard InChI is InChI=1S/C21H23FN4O2S/c1-21(2)10-14(6-7-28-21)26-19(9-15-12-29(15,3)25-27)24-18-11-23-17-5-4-13(22)8-16(17)20(18)26/h4-5,8,11-12,14H,6-7,9-10H2,1-3H3.